The minimum Gasteiger partial charge on any atom is -0.449 e. The van der Waals surface area contributed by atoms with Crippen molar-refractivity contribution in [1.82, 2.24) is 15.0 Å². The van der Waals surface area contributed by atoms with Crippen molar-refractivity contribution in [2.75, 3.05) is 5.32 Å². The Hall–Kier alpha value is -3.81. The zero-order valence-corrected chi connectivity index (χ0v) is 14.3. The molecule has 8 heteroatoms. The number of H-pyrrole nitrogens is 3. The highest BCUT2D eigenvalue weighted by Gasteiger charge is 2.21. The number of esters is 1. The fourth-order valence-corrected chi connectivity index (χ4v) is 2.87. The van der Waals surface area contributed by atoms with Gasteiger partial charge in [0.05, 0.1) is 16.6 Å². The van der Waals surface area contributed by atoms with Gasteiger partial charge in [0.2, 0.25) is 0 Å². The number of benzene rings is 2. The van der Waals surface area contributed by atoms with Crippen LogP contribution in [-0.4, -0.2) is 32.9 Å². The molecule has 0 spiro atoms. The molecule has 136 valence electrons. The van der Waals surface area contributed by atoms with Gasteiger partial charge < -0.3 is 25.0 Å². The lowest BCUT2D eigenvalue weighted by molar-refractivity contribution is -0.123. The van der Waals surface area contributed by atoms with E-state index in [1.165, 1.54) is 6.92 Å². The lowest BCUT2D eigenvalue weighted by Crippen LogP contribution is -2.29. The zero-order chi connectivity index (χ0) is 19.0. The third-order valence-corrected chi connectivity index (χ3v) is 4.25. The summed E-state index contributed by atoms with van der Waals surface area (Å²) in [4.78, 5) is 44.3. The van der Waals surface area contributed by atoms with Gasteiger partial charge in [0.25, 0.3) is 5.91 Å². The molecule has 0 saturated heterocycles. The number of fused-ring (bicyclic) bond motifs is 2. The van der Waals surface area contributed by atoms with Crippen molar-refractivity contribution in [2.24, 2.45) is 0 Å². The Labute approximate surface area is 152 Å². The number of hydrogen-bond acceptors (Lipinski definition) is 4. The molecule has 4 N–H and O–H groups in total. The van der Waals surface area contributed by atoms with Crippen molar-refractivity contribution >= 4 is 39.5 Å². The number of aromatic nitrogens is 3. The molecular weight excluding hydrogens is 348 g/mol. The summed E-state index contributed by atoms with van der Waals surface area (Å²) in [6.45, 7) is 1.50. The molecule has 0 saturated carbocycles. The van der Waals surface area contributed by atoms with E-state index in [1.807, 2.05) is 18.2 Å². The second-order valence-electron chi connectivity index (χ2n) is 6.12. The number of carbonyl (C=O) groups is 2. The molecule has 0 aliphatic heterocycles. The van der Waals surface area contributed by atoms with E-state index in [1.54, 1.807) is 30.5 Å². The molecule has 1 amide bonds. The summed E-state index contributed by atoms with van der Waals surface area (Å²) in [5.41, 5.74) is 2.55. The number of imidazole rings is 1. The monoisotopic (exact) mass is 364 g/mol. The molecule has 2 aromatic carbocycles. The summed E-state index contributed by atoms with van der Waals surface area (Å²) in [5.74, 6) is -1.05. The fourth-order valence-electron chi connectivity index (χ4n) is 2.87. The van der Waals surface area contributed by atoms with Crippen LogP contribution in [0.15, 0.2) is 53.5 Å². The molecule has 8 nitrogen and oxygen atoms in total. The maximum atomic E-state index is 12.4. The maximum absolute atomic E-state index is 12.4. The lowest BCUT2D eigenvalue weighted by atomic mass is 10.2. The van der Waals surface area contributed by atoms with E-state index in [2.05, 4.69) is 20.3 Å². The van der Waals surface area contributed by atoms with Crippen LogP contribution < -0.4 is 11.0 Å². The van der Waals surface area contributed by atoms with Gasteiger partial charge in [-0.15, -0.1) is 0 Å². The lowest BCUT2D eigenvalue weighted by Gasteiger charge is -2.13. The third-order valence-electron chi connectivity index (χ3n) is 4.25. The summed E-state index contributed by atoms with van der Waals surface area (Å²) >= 11 is 0. The molecule has 2 heterocycles. The molecule has 0 fully saturated rings. The average molecular weight is 364 g/mol. The highest BCUT2D eigenvalue weighted by Crippen LogP contribution is 2.19. The van der Waals surface area contributed by atoms with Crippen LogP contribution in [0.2, 0.25) is 0 Å². The van der Waals surface area contributed by atoms with Gasteiger partial charge in [-0.1, -0.05) is 18.2 Å². The topological polar surface area (TPSA) is 120 Å². The van der Waals surface area contributed by atoms with Crippen LogP contribution in [0.4, 0.5) is 5.69 Å². The van der Waals surface area contributed by atoms with Crippen LogP contribution in [0, 0.1) is 0 Å². The zero-order valence-electron chi connectivity index (χ0n) is 14.3. The van der Waals surface area contributed by atoms with E-state index in [4.69, 9.17) is 4.74 Å². The average Bonchev–Trinajstić information content (AvgIpc) is 3.23. The Morgan fingerprint density at radius 2 is 1.81 bits per heavy atom. The number of ether oxygens (including phenoxy) is 1. The second kappa shape index (κ2) is 6.49. The van der Waals surface area contributed by atoms with Crippen molar-refractivity contribution in [3.8, 4) is 0 Å². The molecule has 0 bridgehead atoms. The molecule has 0 unspecified atom stereocenters. The van der Waals surface area contributed by atoms with Crippen molar-refractivity contribution < 1.29 is 14.3 Å². The van der Waals surface area contributed by atoms with Gasteiger partial charge in [0, 0.05) is 22.8 Å². The summed E-state index contributed by atoms with van der Waals surface area (Å²) in [6, 6.07) is 12.3. The predicted molar refractivity (Wildman–Crippen MR) is 101 cm³/mol. The van der Waals surface area contributed by atoms with E-state index in [0.717, 1.165) is 10.9 Å². The molecule has 4 rings (SSSR count). The number of anilines is 1. The number of nitrogens with one attached hydrogen (secondary N) is 4. The minimum absolute atomic E-state index is 0.325. The number of amides is 1. The molecule has 27 heavy (non-hydrogen) atoms. The molecule has 0 aliphatic carbocycles. The SMILES string of the molecule is C[C@@H](OC(=O)c1c[nH]c2ccccc12)C(=O)Nc1ccc2[nH]c(=O)[nH]c2c1. The first-order chi connectivity index (χ1) is 13.0. The highest BCUT2D eigenvalue weighted by atomic mass is 16.5. The quantitative estimate of drug-likeness (QED) is 0.416. The number of hydrogen-bond donors (Lipinski definition) is 4. The van der Waals surface area contributed by atoms with Gasteiger partial charge in [-0.2, -0.15) is 0 Å². The maximum Gasteiger partial charge on any atom is 0.341 e. The van der Waals surface area contributed by atoms with Crippen LogP contribution in [-0.2, 0) is 9.53 Å². The Balaban J connectivity index is 1.46. The van der Waals surface area contributed by atoms with E-state index in [-0.39, 0.29) is 5.69 Å². The number of rotatable bonds is 4. The number of carbonyl (C=O) groups excluding carboxylic acids is 2. The van der Waals surface area contributed by atoms with Gasteiger partial charge in [-0.3, -0.25) is 4.79 Å². The molecule has 2 aromatic heterocycles. The fraction of sp³-hybridized carbons (Fsp3) is 0.105. The van der Waals surface area contributed by atoms with Crippen molar-refractivity contribution in [3.05, 3.63) is 64.7 Å². The molecule has 0 aliphatic rings. The molecule has 4 aromatic rings. The molecular formula is C19H16N4O4. The Bertz CT molecular complexity index is 1220. The van der Waals surface area contributed by atoms with Crippen LogP contribution in [0.1, 0.15) is 17.3 Å². The molecule has 1 atom stereocenters. The van der Waals surface area contributed by atoms with Gasteiger partial charge in [0.15, 0.2) is 6.10 Å². The smallest absolute Gasteiger partial charge is 0.341 e. The standard InChI is InChI=1S/C19H16N4O4/c1-10(27-18(25)13-9-20-14-5-3-2-4-12(13)14)17(24)21-11-6-7-15-16(8-11)23-19(26)22-15/h2-10,20H,1H3,(H,21,24)(H2,22,23,26)/t10-/m1/s1. The first kappa shape index (κ1) is 16.6. The van der Waals surface area contributed by atoms with E-state index < -0.39 is 18.0 Å². The second-order valence-corrected chi connectivity index (χ2v) is 6.12. The molecule has 0 radical (unpaired) electrons. The summed E-state index contributed by atoms with van der Waals surface area (Å²) in [7, 11) is 0. The number of aromatic amines is 3. The third kappa shape index (κ3) is 3.20. The summed E-state index contributed by atoms with van der Waals surface area (Å²) in [5, 5.41) is 3.40. The van der Waals surface area contributed by atoms with Gasteiger partial charge >= 0.3 is 11.7 Å². The first-order valence-electron chi connectivity index (χ1n) is 8.31. The van der Waals surface area contributed by atoms with Crippen LogP contribution in [0.5, 0.6) is 0 Å². The van der Waals surface area contributed by atoms with E-state index >= 15 is 0 Å². The largest absolute Gasteiger partial charge is 0.449 e. The van der Waals surface area contributed by atoms with Crippen molar-refractivity contribution in [2.45, 2.75) is 13.0 Å². The van der Waals surface area contributed by atoms with Crippen molar-refractivity contribution in [3.63, 3.8) is 0 Å². The van der Waals surface area contributed by atoms with Gasteiger partial charge in [-0.05, 0) is 31.2 Å². The summed E-state index contributed by atoms with van der Waals surface area (Å²) < 4.78 is 5.29. The predicted octanol–water partition coefficient (Wildman–Crippen LogP) is 2.52. The summed E-state index contributed by atoms with van der Waals surface area (Å²) in [6.07, 6.45) is 0.570. The Morgan fingerprint density at radius 1 is 1.04 bits per heavy atom. The van der Waals surface area contributed by atoms with Gasteiger partial charge in [-0.25, -0.2) is 9.59 Å². The van der Waals surface area contributed by atoms with E-state index in [0.29, 0.717) is 22.3 Å². The normalized spacial score (nSPS) is 12.2. The van der Waals surface area contributed by atoms with Crippen molar-refractivity contribution in [1.29, 1.82) is 0 Å². The van der Waals surface area contributed by atoms with Gasteiger partial charge in [0.1, 0.15) is 0 Å². The number of para-hydroxylation sites is 1. The Morgan fingerprint density at radius 3 is 2.67 bits per heavy atom. The van der Waals surface area contributed by atoms with Crippen LogP contribution in [0.3, 0.4) is 0 Å². The Kier molecular flexibility index (Phi) is 4.00. The van der Waals surface area contributed by atoms with Crippen LogP contribution in [0.25, 0.3) is 21.9 Å². The first-order valence-corrected chi connectivity index (χ1v) is 8.31. The minimum atomic E-state index is -0.993. The highest BCUT2D eigenvalue weighted by molar-refractivity contribution is 6.05. The van der Waals surface area contributed by atoms with E-state index in [9.17, 15) is 14.4 Å². The van der Waals surface area contributed by atoms with Crippen LogP contribution >= 0.6 is 0 Å².